The number of pyridine rings is 1. The fourth-order valence-corrected chi connectivity index (χ4v) is 3.86. The average molecular weight is 296 g/mol. The minimum absolute atomic E-state index is 0.0838. The number of aryl methyl sites for hydroxylation is 2. The maximum absolute atomic E-state index is 12.6. The van der Waals surface area contributed by atoms with Crippen molar-refractivity contribution in [3.8, 4) is 0 Å². The molecule has 0 saturated heterocycles. The van der Waals surface area contributed by atoms with Gasteiger partial charge in [-0.3, -0.25) is 9.78 Å². The van der Waals surface area contributed by atoms with Gasteiger partial charge in [-0.05, 0) is 30.9 Å². The zero-order valence-corrected chi connectivity index (χ0v) is 12.0. The minimum atomic E-state index is -0.0838. The summed E-state index contributed by atoms with van der Waals surface area (Å²) < 4.78 is 1.31. The molecule has 0 fully saturated rings. The lowest BCUT2D eigenvalue weighted by Crippen LogP contribution is -2.17. The smallest absolute Gasteiger partial charge is 0.267 e. The molecule has 0 aromatic carbocycles. The molecule has 1 aliphatic rings. The number of hydrogen-bond donors (Lipinski definition) is 0. The van der Waals surface area contributed by atoms with Crippen molar-refractivity contribution in [2.75, 3.05) is 0 Å². The van der Waals surface area contributed by atoms with Crippen LogP contribution in [0.1, 0.15) is 22.4 Å². The van der Waals surface area contributed by atoms with Gasteiger partial charge in [0.25, 0.3) is 5.56 Å². The summed E-state index contributed by atoms with van der Waals surface area (Å²) in [7, 11) is 0. The van der Waals surface area contributed by atoms with Crippen LogP contribution < -0.4 is 5.56 Å². The summed E-state index contributed by atoms with van der Waals surface area (Å²) in [5.41, 5.74) is 1.94. The van der Waals surface area contributed by atoms with Crippen LogP contribution in [0.4, 0.5) is 0 Å². The minimum Gasteiger partial charge on any atom is -0.267 e. The SMILES string of the molecule is O=c1c2c3c(sc2ncn1N=Cc1cccnc1)CCC3. The summed E-state index contributed by atoms with van der Waals surface area (Å²) in [6, 6.07) is 3.72. The van der Waals surface area contributed by atoms with Crippen molar-refractivity contribution in [2.24, 2.45) is 5.10 Å². The van der Waals surface area contributed by atoms with E-state index >= 15 is 0 Å². The van der Waals surface area contributed by atoms with Crippen LogP contribution in [0.3, 0.4) is 0 Å². The van der Waals surface area contributed by atoms with Crippen molar-refractivity contribution < 1.29 is 0 Å². The summed E-state index contributed by atoms with van der Waals surface area (Å²) in [4.78, 5) is 23.1. The molecule has 0 saturated carbocycles. The van der Waals surface area contributed by atoms with E-state index in [4.69, 9.17) is 0 Å². The van der Waals surface area contributed by atoms with Gasteiger partial charge in [0.15, 0.2) is 0 Å². The van der Waals surface area contributed by atoms with Crippen LogP contribution in [-0.2, 0) is 12.8 Å². The van der Waals surface area contributed by atoms with Gasteiger partial charge in [-0.1, -0.05) is 6.07 Å². The van der Waals surface area contributed by atoms with Crippen LogP contribution in [0.25, 0.3) is 10.2 Å². The molecule has 6 heteroatoms. The Labute approximate surface area is 124 Å². The fourth-order valence-electron chi connectivity index (χ4n) is 2.64. The van der Waals surface area contributed by atoms with E-state index in [1.807, 2.05) is 12.1 Å². The van der Waals surface area contributed by atoms with Gasteiger partial charge in [0, 0.05) is 22.8 Å². The number of aromatic nitrogens is 3. The summed E-state index contributed by atoms with van der Waals surface area (Å²) in [5, 5.41) is 4.96. The van der Waals surface area contributed by atoms with E-state index in [0.29, 0.717) is 0 Å². The number of rotatable bonds is 2. The monoisotopic (exact) mass is 296 g/mol. The molecule has 1 aliphatic carbocycles. The highest BCUT2D eigenvalue weighted by Gasteiger charge is 2.21. The number of nitrogens with zero attached hydrogens (tertiary/aromatic N) is 4. The second kappa shape index (κ2) is 4.89. The Morgan fingerprint density at radius 2 is 2.33 bits per heavy atom. The molecule has 4 rings (SSSR count). The zero-order chi connectivity index (χ0) is 14.2. The lowest BCUT2D eigenvalue weighted by atomic mass is 10.2. The molecule has 0 aliphatic heterocycles. The summed E-state index contributed by atoms with van der Waals surface area (Å²) in [6.07, 6.45) is 9.67. The molecular weight excluding hydrogens is 284 g/mol. The van der Waals surface area contributed by atoms with Gasteiger partial charge in [-0.25, -0.2) is 4.98 Å². The Morgan fingerprint density at radius 1 is 1.38 bits per heavy atom. The molecule has 0 unspecified atom stereocenters. The first-order chi connectivity index (χ1) is 10.3. The molecule has 21 heavy (non-hydrogen) atoms. The van der Waals surface area contributed by atoms with Gasteiger partial charge in [0.05, 0.1) is 11.6 Å². The van der Waals surface area contributed by atoms with Gasteiger partial charge < -0.3 is 0 Å². The Morgan fingerprint density at radius 3 is 3.19 bits per heavy atom. The van der Waals surface area contributed by atoms with Crippen LogP contribution in [0.15, 0.2) is 40.7 Å². The van der Waals surface area contributed by atoms with E-state index in [1.165, 1.54) is 21.4 Å². The Balaban J connectivity index is 1.82. The predicted octanol–water partition coefficient (Wildman–Crippen LogP) is 2.22. The first-order valence-corrected chi connectivity index (χ1v) is 7.61. The maximum Gasteiger partial charge on any atom is 0.282 e. The van der Waals surface area contributed by atoms with Crippen molar-refractivity contribution in [2.45, 2.75) is 19.3 Å². The third-order valence-corrected chi connectivity index (χ3v) is 4.82. The van der Waals surface area contributed by atoms with Crippen LogP contribution >= 0.6 is 11.3 Å². The molecule has 0 N–H and O–H groups in total. The molecule has 3 heterocycles. The highest BCUT2D eigenvalue weighted by molar-refractivity contribution is 7.18. The standard InChI is InChI=1S/C15H12N4OS/c20-15-13-11-4-1-5-12(11)21-14(13)17-9-19(15)18-8-10-3-2-6-16-7-10/h2-3,6-9H,1,4-5H2. The normalized spacial score (nSPS) is 14.1. The van der Waals surface area contributed by atoms with Crippen molar-refractivity contribution in [1.29, 1.82) is 0 Å². The number of hydrogen-bond acceptors (Lipinski definition) is 5. The lowest BCUT2D eigenvalue weighted by molar-refractivity contribution is 0.816. The molecule has 0 atom stereocenters. The van der Waals surface area contributed by atoms with Crippen LogP contribution in [0, 0.1) is 0 Å². The van der Waals surface area contributed by atoms with Crippen LogP contribution in [0.2, 0.25) is 0 Å². The van der Waals surface area contributed by atoms with Gasteiger partial charge in [-0.2, -0.15) is 9.78 Å². The Kier molecular flexibility index (Phi) is 2.89. The summed E-state index contributed by atoms with van der Waals surface area (Å²) in [5.74, 6) is 0. The van der Waals surface area contributed by atoms with Crippen LogP contribution in [-0.4, -0.2) is 20.9 Å². The van der Waals surface area contributed by atoms with Crippen molar-refractivity contribution >= 4 is 27.8 Å². The molecule has 104 valence electrons. The molecule has 3 aromatic rings. The Hall–Kier alpha value is -2.34. The summed E-state index contributed by atoms with van der Waals surface area (Å²) >= 11 is 1.64. The highest BCUT2D eigenvalue weighted by Crippen LogP contribution is 2.34. The quantitative estimate of drug-likeness (QED) is 0.681. The van der Waals surface area contributed by atoms with Crippen molar-refractivity contribution in [3.05, 3.63) is 57.2 Å². The molecule has 0 amide bonds. The second-order valence-electron chi connectivity index (χ2n) is 4.96. The van der Waals surface area contributed by atoms with E-state index < -0.39 is 0 Å². The summed E-state index contributed by atoms with van der Waals surface area (Å²) in [6.45, 7) is 0. The highest BCUT2D eigenvalue weighted by atomic mass is 32.1. The van der Waals surface area contributed by atoms with Crippen LogP contribution in [0.5, 0.6) is 0 Å². The second-order valence-corrected chi connectivity index (χ2v) is 6.05. The topological polar surface area (TPSA) is 60.1 Å². The number of thiophene rings is 1. The van der Waals surface area contributed by atoms with E-state index in [2.05, 4.69) is 15.1 Å². The zero-order valence-electron chi connectivity index (χ0n) is 11.2. The van der Waals surface area contributed by atoms with Crippen molar-refractivity contribution in [3.63, 3.8) is 0 Å². The molecule has 0 bridgehead atoms. The average Bonchev–Trinajstić information content (AvgIpc) is 3.08. The largest absolute Gasteiger partial charge is 0.282 e. The number of fused-ring (bicyclic) bond motifs is 3. The molecular formula is C15H12N4OS. The lowest BCUT2D eigenvalue weighted by Gasteiger charge is -1.98. The third kappa shape index (κ3) is 2.08. The van der Waals surface area contributed by atoms with Crippen molar-refractivity contribution in [1.82, 2.24) is 14.6 Å². The maximum atomic E-state index is 12.6. The fraction of sp³-hybridized carbons (Fsp3) is 0.200. The molecule has 3 aromatic heterocycles. The van der Waals surface area contributed by atoms with E-state index in [9.17, 15) is 4.79 Å². The predicted molar refractivity (Wildman–Crippen MR) is 83.1 cm³/mol. The molecule has 0 spiro atoms. The Bertz CT molecular complexity index is 895. The third-order valence-electron chi connectivity index (χ3n) is 3.62. The van der Waals surface area contributed by atoms with Gasteiger partial charge in [-0.15, -0.1) is 11.3 Å². The first kappa shape index (κ1) is 12.4. The van der Waals surface area contributed by atoms with Gasteiger partial charge in [0.2, 0.25) is 0 Å². The molecule has 5 nitrogen and oxygen atoms in total. The van der Waals surface area contributed by atoms with E-state index in [0.717, 1.165) is 35.0 Å². The molecule has 0 radical (unpaired) electrons. The first-order valence-electron chi connectivity index (χ1n) is 6.79. The van der Waals surface area contributed by atoms with Gasteiger partial charge in [0.1, 0.15) is 11.2 Å². The van der Waals surface area contributed by atoms with Gasteiger partial charge >= 0.3 is 0 Å². The van der Waals surface area contributed by atoms with E-state index in [-0.39, 0.29) is 5.56 Å². The van der Waals surface area contributed by atoms with E-state index in [1.54, 1.807) is 29.9 Å².